The van der Waals surface area contributed by atoms with Crippen molar-refractivity contribution in [3.8, 4) is 5.75 Å². The predicted octanol–water partition coefficient (Wildman–Crippen LogP) is 1.72. The number of likely N-dealkylation sites (tertiary alicyclic amines) is 1. The van der Waals surface area contributed by atoms with Crippen molar-refractivity contribution in [2.45, 2.75) is 13.0 Å². The van der Waals surface area contributed by atoms with Gasteiger partial charge in [-0.05, 0) is 25.9 Å². The third-order valence-electron chi connectivity index (χ3n) is 3.98. The summed E-state index contributed by atoms with van der Waals surface area (Å²) in [5.74, 6) is 0.797. The molecule has 0 amide bonds. The Morgan fingerprint density at radius 3 is 2.95 bits per heavy atom. The molecule has 1 aliphatic heterocycles. The Hall–Kier alpha value is -1.82. The number of halogens is 1. The fourth-order valence-corrected chi connectivity index (χ4v) is 2.93. The van der Waals surface area contributed by atoms with Gasteiger partial charge in [0, 0.05) is 25.2 Å². The standard InChI is InChI=1S/C14H19FN4O/c1-18-4-3-9(7-18)8-19-12-6-13(20-2)10(15)5-11(12)17-14(19)16/h5-6,9H,3-4,7-8H2,1-2H3,(H2,16,17). The lowest BCUT2D eigenvalue weighted by atomic mass is 10.1. The molecule has 1 saturated heterocycles. The summed E-state index contributed by atoms with van der Waals surface area (Å²) in [4.78, 5) is 6.55. The maximum absolute atomic E-state index is 13.7. The van der Waals surface area contributed by atoms with E-state index in [9.17, 15) is 4.39 Å². The van der Waals surface area contributed by atoms with Gasteiger partial charge in [0.05, 0.1) is 18.1 Å². The summed E-state index contributed by atoms with van der Waals surface area (Å²) in [7, 11) is 3.58. The number of hydrogen-bond donors (Lipinski definition) is 1. The summed E-state index contributed by atoms with van der Waals surface area (Å²) in [6, 6.07) is 3.05. The number of benzene rings is 1. The van der Waals surface area contributed by atoms with E-state index in [0.717, 1.165) is 31.6 Å². The molecule has 0 aliphatic carbocycles. The average molecular weight is 278 g/mol. The van der Waals surface area contributed by atoms with E-state index >= 15 is 0 Å². The second-order valence-electron chi connectivity index (χ2n) is 5.47. The summed E-state index contributed by atoms with van der Waals surface area (Å²) in [5.41, 5.74) is 7.39. The molecular weight excluding hydrogens is 259 g/mol. The van der Waals surface area contributed by atoms with Gasteiger partial charge in [-0.3, -0.25) is 0 Å². The largest absolute Gasteiger partial charge is 0.494 e. The van der Waals surface area contributed by atoms with Gasteiger partial charge in [-0.2, -0.15) is 0 Å². The number of nitrogens with zero attached hydrogens (tertiary/aromatic N) is 3. The van der Waals surface area contributed by atoms with E-state index in [1.807, 2.05) is 4.57 Å². The second kappa shape index (κ2) is 4.94. The molecule has 1 fully saturated rings. The summed E-state index contributed by atoms with van der Waals surface area (Å²) in [5, 5.41) is 0. The third kappa shape index (κ3) is 2.20. The lowest BCUT2D eigenvalue weighted by molar-refractivity contribution is 0.379. The second-order valence-corrected chi connectivity index (χ2v) is 5.47. The van der Waals surface area contributed by atoms with Crippen LogP contribution >= 0.6 is 0 Å². The number of rotatable bonds is 3. The van der Waals surface area contributed by atoms with Gasteiger partial charge in [-0.25, -0.2) is 9.37 Å². The zero-order chi connectivity index (χ0) is 14.3. The van der Waals surface area contributed by atoms with Crippen LogP contribution in [-0.2, 0) is 6.54 Å². The van der Waals surface area contributed by atoms with Crippen LogP contribution < -0.4 is 10.5 Å². The number of imidazole rings is 1. The number of nitrogen functional groups attached to an aromatic ring is 1. The quantitative estimate of drug-likeness (QED) is 0.928. The van der Waals surface area contributed by atoms with E-state index in [4.69, 9.17) is 10.5 Å². The summed E-state index contributed by atoms with van der Waals surface area (Å²) < 4.78 is 20.7. The third-order valence-corrected chi connectivity index (χ3v) is 3.98. The molecule has 1 unspecified atom stereocenters. The highest BCUT2D eigenvalue weighted by Gasteiger charge is 2.22. The molecule has 2 aromatic rings. The van der Waals surface area contributed by atoms with Crippen LogP contribution in [0, 0.1) is 11.7 Å². The van der Waals surface area contributed by atoms with Crippen LogP contribution in [0.25, 0.3) is 11.0 Å². The SMILES string of the molecule is COc1cc2c(cc1F)nc(N)n2CC1CCN(C)C1. The molecule has 6 heteroatoms. The fourth-order valence-electron chi connectivity index (χ4n) is 2.93. The topological polar surface area (TPSA) is 56.3 Å². The Morgan fingerprint density at radius 2 is 2.30 bits per heavy atom. The summed E-state index contributed by atoms with van der Waals surface area (Å²) >= 11 is 0. The summed E-state index contributed by atoms with van der Waals surface area (Å²) in [6.07, 6.45) is 1.15. The van der Waals surface area contributed by atoms with Crippen molar-refractivity contribution in [1.29, 1.82) is 0 Å². The van der Waals surface area contributed by atoms with Crippen molar-refractivity contribution in [2.24, 2.45) is 5.92 Å². The maximum Gasteiger partial charge on any atom is 0.201 e. The van der Waals surface area contributed by atoms with Gasteiger partial charge >= 0.3 is 0 Å². The number of hydrogen-bond acceptors (Lipinski definition) is 4. The molecule has 1 aliphatic rings. The van der Waals surface area contributed by atoms with Crippen LogP contribution in [-0.4, -0.2) is 41.7 Å². The molecule has 3 rings (SSSR count). The number of aromatic nitrogens is 2. The van der Waals surface area contributed by atoms with Gasteiger partial charge in [0.2, 0.25) is 5.95 Å². The Labute approximate surface area is 117 Å². The highest BCUT2D eigenvalue weighted by Crippen LogP contribution is 2.28. The molecule has 20 heavy (non-hydrogen) atoms. The molecule has 1 aromatic heterocycles. The molecular formula is C14H19FN4O. The van der Waals surface area contributed by atoms with Gasteiger partial charge in [0.25, 0.3) is 0 Å². The Morgan fingerprint density at radius 1 is 1.50 bits per heavy atom. The number of ether oxygens (including phenoxy) is 1. The van der Waals surface area contributed by atoms with Gasteiger partial charge in [-0.1, -0.05) is 0 Å². The molecule has 1 atom stereocenters. The molecule has 2 N–H and O–H groups in total. The van der Waals surface area contributed by atoms with E-state index < -0.39 is 5.82 Å². The molecule has 5 nitrogen and oxygen atoms in total. The number of methoxy groups -OCH3 is 1. The highest BCUT2D eigenvalue weighted by molar-refractivity contribution is 5.80. The average Bonchev–Trinajstić information content (AvgIpc) is 2.94. The molecule has 108 valence electrons. The van der Waals surface area contributed by atoms with Crippen LogP contribution in [0.3, 0.4) is 0 Å². The van der Waals surface area contributed by atoms with Crippen molar-refractivity contribution in [2.75, 3.05) is 33.0 Å². The lowest BCUT2D eigenvalue weighted by Gasteiger charge is -2.13. The zero-order valence-corrected chi connectivity index (χ0v) is 11.8. The van der Waals surface area contributed by atoms with Gasteiger partial charge in [-0.15, -0.1) is 0 Å². The molecule has 0 saturated carbocycles. The monoisotopic (exact) mass is 278 g/mol. The van der Waals surface area contributed by atoms with Crippen LogP contribution in [0.4, 0.5) is 10.3 Å². The Balaban J connectivity index is 1.99. The van der Waals surface area contributed by atoms with Gasteiger partial charge in [0.15, 0.2) is 11.6 Å². The lowest BCUT2D eigenvalue weighted by Crippen LogP contribution is -2.17. The molecule has 2 heterocycles. The van der Waals surface area contributed by atoms with Crippen LogP contribution in [0.5, 0.6) is 5.75 Å². The van der Waals surface area contributed by atoms with E-state index in [1.165, 1.54) is 13.2 Å². The molecule has 0 spiro atoms. The normalized spacial score (nSPS) is 19.9. The van der Waals surface area contributed by atoms with Gasteiger partial charge in [0.1, 0.15) is 0 Å². The Bertz CT molecular complexity index is 640. The first-order chi connectivity index (χ1) is 9.58. The van der Waals surface area contributed by atoms with Crippen LogP contribution in [0.2, 0.25) is 0 Å². The van der Waals surface area contributed by atoms with E-state index in [1.54, 1.807) is 6.07 Å². The minimum absolute atomic E-state index is 0.224. The zero-order valence-electron chi connectivity index (χ0n) is 11.8. The smallest absolute Gasteiger partial charge is 0.201 e. The number of fused-ring (bicyclic) bond motifs is 1. The van der Waals surface area contributed by atoms with Gasteiger partial charge < -0.3 is 19.9 Å². The van der Waals surface area contributed by atoms with E-state index in [2.05, 4.69) is 16.9 Å². The van der Waals surface area contributed by atoms with E-state index in [-0.39, 0.29) is 5.75 Å². The molecule has 1 aromatic carbocycles. The van der Waals surface area contributed by atoms with Crippen molar-refractivity contribution in [3.63, 3.8) is 0 Å². The van der Waals surface area contributed by atoms with Crippen molar-refractivity contribution >= 4 is 17.0 Å². The minimum atomic E-state index is -0.412. The van der Waals surface area contributed by atoms with Crippen molar-refractivity contribution < 1.29 is 9.13 Å². The Kier molecular flexibility index (Phi) is 3.25. The predicted molar refractivity (Wildman–Crippen MR) is 76.3 cm³/mol. The first-order valence-electron chi connectivity index (χ1n) is 6.76. The van der Waals surface area contributed by atoms with Crippen LogP contribution in [0.1, 0.15) is 6.42 Å². The van der Waals surface area contributed by atoms with Crippen molar-refractivity contribution in [1.82, 2.24) is 14.5 Å². The fraction of sp³-hybridized carbons (Fsp3) is 0.500. The van der Waals surface area contributed by atoms with Crippen LogP contribution in [0.15, 0.2) is 12.1 Å². The summed E-state index contributed by atoms with van der Waals surface area (Å²) in [6.45, 7) is 2.97. The van der Waals surface area contributed by atoms with E-state index in [0.29, 0.717) is 17.4 Å². The minimum Gasteiger partial charge on any atom is -0.494 e. The van der Waals surface area contributed by atoms with Crippen molar-refractivity contribution in [3.05, 3.63) is 17.9 Å². The maximum atomic E-state index is 13.7. The first-order valence-corrected chi connectivity index (χ1v) is 6.76. The first kappa shape index (κ1) is 13.2. The molecule has 0 radical (unpaired) electrons. The number of nitrogens with two attached hydrogens (primary N) is 1. The highest BCUT2D eigenvalue weighted by atomic mass is 19.1. The molecule has 0 bridgehead atoms. The number of anilines is 1.